The van der Waals surface area contributed by atoms with E-state index in [1.54, 1.807) is 0 Å². The quantitative estimate of drug-likeness (QED) is 0.175. The molecule has 0 atom stereocenters. The fourth-order valence-electron chi connectivity index (χ4n) is 8.43. The first kappa shape index (κ1) is 28.9. The molecule has 0 unspecified atom stereocenters. The summed E-state index contributed by atoms with van der Waals surface area (Å²) in [5.41, 5.74) is 12.8. The van der Waals surface area contributed by atoms with Crippen molar-refractivity contribution in [2.24, 2.45) is 0 Å². The topological polar surface area (TPSA) is 26.3 Å². The van der Waals surface area contributed by atoms with E-state index >= 15 is 0 Å². The van der Waals surface area contributed by atoms with E-state index in [0.29, 0.717) is 0 Å². The molecule has 2 aromatic heterocycles. The third-order valence-corrected chi connectivity index (χ3v) is 10.7. The van der Waals surface area contributed by atoms with Gasteiger partial charge in [0, 0.05) is 32.7 Å². The van der Waals surface area contributed by atoms with Gasteiger partial charge in [0.25, 0.3) is 0 Å². The summed E-state index contributed by atoms with van der Waals surface area (Å²) in [6.07, 6.45) is 0. The van der Waals surface area contributed by atoms with E-state index in [1.165, 1.54) is 43.8 Å². The van der Waals surface area contributed by atoms with Gasteiger partial charge in [0.05, 0.1) is 0 Å². The summed E-state index contributed by atoms with van der Waals surface area (Å²) in [6.45, 7) is 0. The standard InChI is InChI=1S/C50H30O2/c1-2-14-31(15-3-1)46-37-19-4-6-21-39(37)47(40-22-7-5-20-38(40)46)43-29-28-35(50-48(43)42-23-9-11-27-45(42)52-50)33-17-12-16-32(30-33)34-24-13-25-41-36-18-8-10-26-44(36)51-49(34)41/h1-30H. The first-order valence-electron chi connectivity index (χ1n) is 17.8. The zero-order valence-corrected chi connectivity index (χ0v) is 28.1. The van der Waals surface area contributed by atoms with Crippen LogP contribution in [0.5, 0.6) is 0 Å². The summed E-state index contributed by atoms with van der Waals surface area (Å²) in [5, 5.41) is 9.41. The van der Waals surface area contributed by atoms with Gasteiger partial charge in [-0.3, -0.25) is 0 Å². The lowest BCUT2D eigenvalue weighted by atomic mass is 9.84. The summed E-state index contributed by atoms with van der Waals surface area (Å²) >= 11 is 0. The lowest BCUT2D eigenvalue weighted by Gasteiger charge is -2.18. The van der Waals surface area contributed by atoms with Gasteiger partial charge in [0.15, 0.2) is 0 Å². The molecule has 242 valence electrons. The fraction of sp³-hybridized carbons (Fsp3) is 0. The molecule has 0 aliphatic rings. The van der Waals surface area contributed by atoms with Crippen molar-refractivity contribution in [3.63, 3.8) is 0 Å². The average molecular weight is 663 g/mol. The van der Waals surface area contributed by atoms with Gasteiger partial charge < -0.3 is 8.83 Å². The van der Waals surface area contributed by atoms with Crippen molar-refractivity contribution >= 4 is 65.4 Å². The van der Waals surface area contributed by atoms with Gasteiger partial charge in [-0.1, -0.05) is 158 Å². The van der Waals surface area contributed by atoms with E-state index in [0.717, 1.165) is 66.1 Å². The fourth-order valence-corrected chi connectivity index (χ4v) is 8.43. The Kier molecular flexibility index (Phi) is 6.28. The van der Waals surface area contributed by atoms with Crippen LogP contribution in [-0.4, -0.2) is 0 Å². The maximum Gasteiger partial charge on any atom is 0.143 e. The molecule has 0 amide bonds. The van der Waals surface area contributed by atoms with Crippen LogP contribution in [0.3, 0.4) is 0 Å². The van der Waals surface area contributed by atoms with E-state index < -0.39 is 0 Å². The van der Waals surface area contributed by atoms with Gasteiger partial charge in [-0.05, 0) is 79.2 Å². The molecule has 11 aromatic rings. The average Bonchev–Trinajstić information content (AvgIpc) is 3.79. The summed E-state index contributed by atoms with van der Waals surface area (Å²) in [4.78, 5) is 0. The Morgan fingerprint density at radius 2 is 0.731 bits per heavy atom. The Labute approximate surface area is 299 Å². The van der Waals surface area contributed by atoms with E-state index in [9.17, 15) is 0 Å². The van der Waals surface area contributed by atoms with Crippen LogP contribution >= 0.6 is 0 Å². The van der Waals surface area contributed by atoms with E-state index in [2.05, 4.69) is 170 Å². The summed E-state index contributed by atoms with van der Waals surface area (Å²) < 4.78 is 13.3. The minimum Gasteiger partial charge on any atom is -0.455 e. The van der Waals surface area contributed by atoms with Crippen molar-refractivity contribution in [2.75, 3.05) is 0 Å². The Hall–Kier alpha value is -6.90. The third kappa shape index (κ3) is 4.25. The van der Waals surface area contributed by atoms with Crippen LogP contribution in [0.25, 0.3) is 110 Å². The molecule has 52 heavy (non-hydrogen) atoms. The molecule has 2 nitrogen and oxygen atoms in total. The zero-order chi connectivity index (χ0) is 34.2. The molecule has 9 aromatic carbocycles. The number of furan rings is 2. The minimum absolute atomic E-state index is 0.879. The number of rotatable bonds is 4. The highest BCUT2D eigenvalue weighted by Crippen LogP contribution is 2.49. The number of hydrogen-bond acceptors (Lipinski definition) is 2. The van der Waals surface area contributed by atoms with E-state index in [4.69, 9.17) is 8.83 Å². The van der Waals surface area contributed by atoms with Gasteiger partial charge in [-0.25, -0.2) is 0 Å². The van der Waals surface area contributed by atoms with Crippen LogP contribution in [-0.2, 0) is 0 Å². The highest BCUT2D eigenvalue weighted by molar-refractivity contribution is 6.26. The van der Waals surface area contributed by atoms with Gasteiger partial charge in [-0.2, -0.15) is 0 Å². The third-order valence-electron chi connectivity index (χ3n) is 10.7. The van der Waals surface area contributed by atoms with Crippen LogP contribution in [0.4, 0.5) is 0 Å². The van der Waals surface area contributed by atoms with Crippen LogP contribution in [0.2, 0.25) is 0 Å². The number of hydrogen-bond donors (Lipinski definition) is 0. The van der Waals surface area contributed by atoms with E-state index in [1.807, 2.05) is 12.1 Å². The predicted octanol–water partition coefficient (Wildman–Crippen LogP) is 14.5. The molecule has 2 heteroatoms. The Morgan fingerprint density at radius 3 is 1.42 bits per heavy atom. The lowest BCUT2D eigenvalue weighted by molar-refractivity contribution is 0.670. The normalized spacial score (nSPS) is 11.8. The molecular formula is C50H30O2. The molecule has 2 heterocycles. The second-order valence-corrected chi connectivity index (χ2v) is 13.5. The van der Waals surface area contributed by atoms with E-state index in [-0.39, 0.29) is 0 Å². The smallest absolute Gasteiger partial charge is 0.143 e. The maximum absolute atomic E-state index is 6.85. The molecule has 0 saturated carbocycles. The van der Waals surface area contributed by atoms with Crippen molar-refractivity contribution in [3.05, 3.63) is 182 Å². The van der Waals surface area contributed by atoms with Crippen molar-refractivity contribution in [3.8, 4) is 44.5 Å². The molecule has 0 spiro atoms. The Balaban J connectivity index is 1.18. The van der Waals surface area contributed by atoms with Crippen LogP contribution in [0, 0.1) is 0 Å². The van der Waals surface area contributed by atoms with Crippen molar-refractivity contribution in [1.82, 2.24) is 0 Å². The summed E-state index contributed by atoms with van der Waals surface area (Å²) in [6, 6.07) is 64.9. The van der Waals surface area contributed by atoms with Crippen molar-refractivity contribution in [1.29, 1.82) is 0 Å². The van der Waals surface area contributed by atoms with Gasteiger partial charge in [0.1, 0.15) is 22.3 Å². The first-order chi connectivity index (χ1) is 25.8. The first-order valence-corrected chi connectivity index (χ1v) is 17.8. The monoisotopic (exact) mass is 662 g/mol. The zero-order valence-electron chi connectivity index (χ0n) is 28.1. The molecule has 0 fully saturated rings. The van der Waals surface area contributed by atoms with Crippen LogP contribution < -0.4 is 0 Å². The molecule has 0 saturated heterocycles. The molecule has 0 aliphatic heterocycles. The second kappa shape index (κ2) is 11.3. The highest BCUT2D eigenvalue weighted by atomic mass is 16.3. The van der Waals surface area contributed by atoms with Gasteiger partial charge in [-0.15, -0.1) is 0 Å². The molecule has 0 bridgehead atoms. The van der Waals surface area contributed by atoms with Crippen LogP contribution in [0.1, 0.15) is 0 Å². The van der Waals surface area contributed by atoms with Crippen molar-refractivity contribution in [2.45, 2.75) is 0 Å². The molecule has 0 aliphatic carbocycles. The minimum atomic E-state index is 0.879. The lowest BCUT2D eigenvalue weighted by Crippen LogP contribution is -1.92. The van der Waals surface area contributed by atoms with Gasteiger partial charge >= 0.3 is 0 Å². The number of fused-ring (bicyclic) bond motifs is 8. The Morgan fingerprint density at radius 1 is 0.269 bits per heavy atom. The molecule has 11 rings (SSSR count). The number of para-hydroxylation sites is 3. The van der Waals surface area contributed by atoms with Gasteiger partial charge in [0.2, 0.25) is 0 Å². The Bertz CT molecular complexity index is 3120. The largest absolute Gasteiger partial charge is 0.455 e. The molecular weight excluding hydrogens is 633 g/mol. The highest BCUT2D eigenvalue weighted by Gasteiger charge is 2.22. The predicted molar refractivity (Wildman–Crippen MR) is 218 cm³/mol. The van der Waals surface area contributed by atoms with Crippen molar-refractivity contribution < 1.29 is 8.83 Å². The molecule has 0 radical (unpaired) electrons. The maximum atomic E-state index is 6.85. The van der Waals surface area contributed by atoms with Crippen LogP contribution in [0.15, 0.2) is 191 Å². The second-order valence-electron chi connectivity index (χ2n) is 13.5. The summed E-state index contributed by atoms with van der Waals surface area (Å²) in [5.74, 6) is 0. The summed E-state index contributed by atoms with van der Waals surface area (Å²) in [7, 11) is 0. The SMILES string of the molecule is c1ccc(-c2c3ccccc3c(-c3ccc(-c4cccc(-c5cccc6c5oc5ccccc56)c4)c4oc5ccccc5c34)c3ccccc23)cc1. The number of benzene rings is 9. The molecule has 0 N–H and O–H groups in total.